The van der Waals surface area contributed by atoms with E-state index in [-0.39, 0.29) is 29.5 Å². The molecule has 3 aromatic heterocycles. The lowest BCUT2D eigenvalue weighted by atomic mass is 10.2. The predicted octanol–water partition coefficient (Wildman–Crippen LogP) is 2.77. The quantitative estimate of drug-likeness (QED) is 0.558. The van der Waals surface area contributed by atoms with Gasteiger partial charge in [0, 0.05) is 24.9 Å². The third-order valence-electron chi connectivity index (χ3n) is 3.36. The highest BCUT2D eigenvalue weighted by atomic mass is 35.5. The van der Waals surface area contributed by atoms with Gasteiger partial charge < -0.3 is 15.4 Å². The number of aryl methyl sites for hydroxylation is 1. The van der Waals surface area contributed by atoms with E-state index in [1.54, 1.807) is 6.07 Å². The van der Waals surface area contributed by atoms with Gasteiger partial charge in [-0.2, -0.15) is 20.1 Å². The molecule has 3 aromatic rings. The molecule has 142 valence electrons. The second kappa shape index (κ2) is 8.18. The van der Waals surface area contributed by atoms with Crippen LogP contribution in [0.15, 0.2) is 18.3 Å². The molecule has 3 rings (SSSR count). The van der Waals surface area contributed by atoms with Crippen molar-refractivity contribution in [3.05, 3.63) is 46.6 Å². The van der Waals surface area contributed by atoms with Crippen molar-refractivity contribution in [2.75, 3.05) is 24.4 Å². The van der Waals surface area contributed by atoms with Gasteiger partial charge in [0.2, 0.25) is 17.2 Å². The number of aromatic amines is 1. The fourth-order valence-electron chi connectivity index (χ4n) is 2.26. The van der Waals surface area contributed by atoms with Gasteiger partial charge in [0.1, 0.15) is 17.3 Å². The first kappa shape index (κ1) is 18.9. The largest absolute Gasteiger partial charge is 0.382 e. The normalized spacial score (nSPS) is 12.0. The van der Waals surface area contributed by atoms with Gasteiger partial charge in [0.15, 0.2) is 5.82 Å². The van der Waals surface area contributed by atoms with Crippen LogP contribution >= 0.6 is 11.6 Å². The van der Waals surface area contributed by atoms with E-state index in [1.807, 2.05) is 6.92 Å². The first-order valence-electron chi connectivity index (χ1n) is 7.71. The monoisotopic (exact) mass is 396 g/mol. The number of nitrogens with zero attached hydrogens (tertiary/aromatic N) is 5. The van der Waals surface area contributed by atoms with E-state index in [4.69, 9.17) is 16.3 Å². The van der Waals surface area contributed by atoms with Gasteiger partial charge in [0.25, 0.3) is 0 Å². The number of methoxy groups -OCH3 is 1. The highest BCUT2D eigenvalue weighted by Gasteiger charge is 2.20. The van der Waals surface area contributed by atoms with Crippen LogP contribution in [-0.4, -0.2) is 43.8 Å². The molecule has 0 fully saturated rings. The van der Waals surface area contributed by atoms with Crippen LogP contribution in [0.4, 0.5) is 26.5 Å². The molecule has 0 aromatic carbocycles. The Hall–Kier alpha value is -2.92. The van der Waals surface area contributed by atoms with E-state index in [9.17, 15) is 8.78 Å². The molecule has 27 heavy (non-hydrogen) atoms. The van der Waals surface area contributed by atoms with Crippen molar-refractivity contribution in [2.45, 2.75) is 13.0 Å². The van der Waals surface area contributed by atoms with Gasteiger partial charge in [-0.25, -0.2) is 8.78 Å². The molecule has 0 saturated heterocycles. The molecule has 1 atom stereocenters. The van der Waals surface area contributed by atoms with E-state index in [1.165, 1.54) is 7.11 Å². The average molecular weight is 397 g/mol. The lowest BCUT2D eigenvalue weighted by molar-refractivity contribution is 0.183. The number of aromatic nitrogens is 6. The van der Waals surface area contributed by atoms with E-state index in [2.05, 4.69) is 40.8 Å². The lowest BCUT2D eigenvalue weighted by Gasteiger charge is -2.18. The Kier molecular flexibility index (Phi) is 5.72. The lowest BCUT2D eigenvalue weighted by Crippen LogP contribution is -2.21. The molecule has 9 nitrogen and oxygen atoms in total. The highest BCUT2D eigenvalue weighted by Crippen LogP contribution is 2.21. The van der Waals surface area contributed by atoms with Crippen LogP contribution in [0.2, 0.25) is 5.28 Å². The Labute approximate surface area is 157 Å². The van der Waals surface area contributed by atoms with Crippen LogP contribution in [0.25, 0.3) is 0 Å². The minimum Gasteiger partial charge on any atom is -0.382 e. The maximum absolute atomic E-state index is 14.1. The highest BCUT2D eigenvalue weighted by molar-refractivity contribution is 6.28. The maximum Gasteiger partial charge on any atom is 0.234 e. The third kappa shape index (κ3) is 4.83. The second-order valence-corrected chi connectivity index (χ2v) is 5.82. The second-order valence-electron chi connectivity index (χ2n) is 5.49. The SMILES string of the molecule is COCC(Nc1nc(Cl)nc(Nc2cc(C)[nH]n2)n1)c1ncc(F)cc1F. The van der Waals surface area contributed by atoms with Gasteiger partial charge in [0.05, 0.1) is 18.8 Å². The van der Waals surface area contributed by atoms with Gasteiger partial charge >= 0.3 is 0 Å². The Bertz CT molecular complexity index is 938. The molecular formula is C15H15ClF2N8O. The van der Waals surface area contributed by atoms with Crippen LogP contribution in [0.3, 0.4) is 0 Å². The molecule has 0 radical (unpaired) electrons. The number of H-pyrrole nitrogens is 1. The molecular weight excluding hydrogens is 382 g/mol. The van der Waals surface area contributed by atoms with E-state index in [0.29, 0.717) is 5.82 Å². The molecule has 0 aliphatic carbocycles. The number of hydrogen-bond donors (Lipinski definition) is 3. The molecule has 0 aliphatic heterocycles. The topological polar surface area (TPSA) is 114 Å². The molecule has 3 N–H and O–H groups in total. The Morgan fingerprint density at radius 3 is 2.67 bits per heavy atom. The number of hydrogen-bond acceptors (Lipinski definition) is 8. The average Bonchev–Trinajstić information content (AvgIpc) is 2.99. The van der Waals surface area contributed by atoms with E-state index >= 15 is 0 Å². The summed E-state index contributed by atoms with van der Waals surface area (Å²) in [6.07, 6.45) is 0.913. The zero-order valence-electron chi connectivity index (χ0n) is 14.3. The predicted molar refractivity (Wildman–Crippen MR) is 93.8 cm³/mol. The van der Waals surface area contributed by atoms with Gasteiger partial charge in [-0.05, 0) is 18.5 Å². The summed E-state index contributed by atoms with van der Waals surface area (Å²) in [4.78, 5) is 15.9. The van der Waals surface area contributed by atoms with Gasteiger partial charge in [-0.15, -0.1) is 0 Å². The van der Waals surface area contributed by atoms with Gasteiger partial charge in [-0.1, -0.05) is 0 Å². The molecule has 0 bridgehead atoms. The van der Waals surface area contributed by atoms with Crippen molar-refractivity contribution < 1.29 is 13.5 Å². The Morgan fingerprint density at radius 1 is 1.22 bits per heavy atom. The number of ether oxygens (including phenoxy) is 1. The van der Waals surface area contributed by atoms with Crippen molar-refractivity contribution in [1.29, 1.82) is 0 Å². The van der Waals surface area contributed by atoms with Crippen LogP contribution in [0.5, 0.6) is 0 Å². The van der Waals surface area contributed by atoms with Crippen molar-refractivity contribution >= 4 is 29.3 Å². The van der Waals surface area contributed by atoms with Crippen molar-refractivity contribution in [3.8, 4) is 0 Å². The summed E-state index contributed by atoms with van der Waals surface area (Å²) in [5.74, 6) is -0.933. The summed E-state index contributed by atoms with van der Waals surface area (Å²) >= 11 is 5.94. The fraction of sp³-hybridized carbons (Fsp3) is 0.267. The molecule has 1 unspecified atom stereocenters. The standard InChI is InChI=1S/C15H15ClF2N8O/c1-7-3-11(26-25-7)21-15-23-13(16)22-14(24-15)20-10(6-27-2)12-9(18)4-8(17)5-19-12/h3-5,10H,6H2,1-2H3,(H3,20,21,22,23,24,25,26). The van der Waals surface area contributed by atoms with Crippen LogP contribution in [-0.2, 0) is 4.74 Å². The minimum absolute atomic E-state index is 0.0280. The number of anilines is 3. The summed E-state index contributed by atoms with van der Waals surface area (Å²) in [7, 11) is 1.43. The number of halogens is 3. The zero-order chi connectivity index (χ0) is 19.4. The van der Waals surface area contributed by atoms with Crippen LogP contribution in [0.1, 0.15) is 17.4 Å². The van der Waals surface area contributed by atoms with Crippen LogP contribution < -0.4 is 10.6 Å². The summed E-state index contributed by atoms with van der Waals surface area (Å²) in [6, 6.07) is 1.70. The first-order chi connectivity index (χ1) is 12.9. The van der Waals surface area contributed by atoms with Crippen LogP contribution in [0, 0.1) is 18.6 Å². The summed E-state index contributed by atoms with van der Waals surface area (Å²) in [5, 5.41) is 12.4. The minimum atomic E-state index is -0.824. The zero-order valence-corrected chi connectivity index (χ0v) is 15.1. The van der Waals surface area contributed by atoms with Crippen molar-refractivity contribution in [1.82, 2.24) is 30.1 Å². The number of nitrogens with one attached hydrogen (secondary N) is 3. The van der Waals surface area contributed by atoms with Crippen molar-refractivity contribution in [2.24, 2.45) is 0 Å². The molecule has 0 aliphatic rings. The number of pyridine rings is 1. The number of rotatable bonds is 7. The molecule has 0 saturated carbocycles. The molecule has 0 amide bonds. The Balaban J connectivity index is 1.85. The van der Waals surface area contributed by atoms with Gasteiger partial charge in [-0.3, -0.25) is 10.1 Å². The smallest absolute Gasteiger partial charge is 0.234 e. The fourth-order valence-corrected chi connectivity index (χ4v) is 2.42. The molecule has 12 heteroatoms. The third-order valence-corrected chi connectivity index (χ3v) is 3.53. The summed E-state index contributed by atoms with van der Waals surface area (Å²) in [5.41, 5.74) is 0.793. The van der Waals surface area contributed by atoms with Crippen molar-refractivity contribution in [3.63, 3.8) is 0 Å². The van der Waals surface area contributed by atoms with E-state index in [0.717, 1.165) is 18.0 Å². The summed E-state index contributed by atoms with van der Waals surface area (Å²) in [6.45, 7) is 1.87. The Morgan fingerprint density at radius 2 is 2.00 bits per heavy atom. The first-order valence-corrected chi connectivity index (χ1v) is 8.09. The molecule has 3 heterocycles. The van der Waals surface area contributed by atoms with E-state index < -0.39 is 17.7 Å². The molecule has 0 spiro atoms. The summed E-state index contributed by atoms with van der Waals surface area (Å²) < 4.78 is 32.3. The maximum atomic E-state index is 14.1.